The molecule has 0 aromatic carbocycles. The monoisotopic (exact) mass is 506 g/mol. The minimum absolute atomic E-state index is 0.0427. The average molecular weight is 506 g/mol. The van der Waals surface area contributed by atoms with Gasteiger partial charge < -0.3 is 19.7 Å². The van der Waals surface area contributed by atoms with Gasteiger partial charge in [-0.15, -0.1) is 0 Å². The van der Waals surface area contributed by atoms with E-state index in [0.717, 1.165) is 0 Å². The summed E-state index contributed by atoms with van der Waals surface area (Å²) >= 11 is 0. The van der Waals surface area contributed by atoms with E-state index in [2.05, 4.69) is 20.0 Å². The maximum Gasteiger partial charge on any atom is 0.359 e. The molecule has 0 aliphatic heterocycles. The number of isocyanates is 4. The molecule has 14 nitrogen and oxygen atoms in total. The fraction of sp³-hybridized carbons (Fsp3) is 0.545. The van der Waals surface area contributed by atoms with Crippen molar-refractivity contribution in [2.75, 3.05) is 13.2 Å². The third-order valence-corrected chi connectivity index (χ3v) is 4.10. The summed E-state index contributed by atoms with van der Waals surface area (Å²) in [6, 6.07) is 0. The van der Waals surface area contributed by atoms with Gasteiger partial charge in [0.05, 0.1) is 23.6 Å². The Morgan fingerprint density at radius 3 is 1.25 bits per heavy atom. The molecule has 0 spiro atoms. The maximum atomic E-state index is 12.1. The summed E-state index contributed by atoms with van der Waals surface area (Å²) in [6.07, 6.45) is 4.80. The van der Waals surface area contributed by atoms with E-state index >= 15 is 0 Å². The number of ether oxygens (including phenoxy) is 2. The van der Waals surface area contributed by atoms with Gasteiger partial charge in [-0.3, -0.25) is 0 Å². The van der Waals surface area contributed by atoms with Crippen LogP contribution < -0.4 is 0 Å². The Bertz CT molecular complexity index is 939. The van der Waals surface area contributed by atoms with Gasteiger partial charge >= 0.3 is 11.9 Å². The molecule has 0 fully saturated rings. The van der Waals surface area contributed by atoms with Crippen molar-refractivity contribution in [2.45, 2.75) is 64.6 Å². The standard InChI is InChI=1S/C22H26N4O10/c1-15(31)9-35-21(33)19(25-13-29)17(23-11-27)7-5-3-4-6-8-18(24-12-28)20(26-14-30)22(34)36-10-16(2)32/h15-16,31-32H,3-10H2,1-2H3/b19-17-,20-18+. The van der Waals surface area contributed by atoms with E-state index in [0.29, 0.717) is 25.7 Å². The first-order valence-electron chi connectivity index (χ1n) is 10.7. The zero-order chi connectivity index (χ0) is 27.3. The summed E-state index contributed by atoms with van der Waals surface area (Å²) in [6.45, 7) is 2.02. The molecule has 0 radical (unpaired) electrons. The van der Waals surface area contributed by atoms with E-state index < -0.39 is 35.5 Å². The number of hydrogen-bond acceptors (Lipinski definition) is 14. The van der Waals surface area contributed by atoms with Crippen molar-refractivity contribution in [3.63, 3.8) is 0 Å². The topological polar surface area (TPSA) is 211 Å². The van der Waals surface area contributed by atoms with Crippen LogP contribution >= 0.6 is 0 Å². The van der Waals surface area contributed by atoms with Crippen LogP contribution in [0.5, 0.6) is 0 Å². The fourth-order valence-electron chi connectivity index (χ4n) is 2.58. The van der Waals surface area contributed by atoms with Crippen molar-refractivity contribution in [3.05, 3.63) is 22.8 Å². The van der Waals surface area contributed by atoms with Crippen molar-refractivity contribution in [1.82, 2.24) is 0 Å². The van der Waals surface area contributed by atoms with Gasteiger partial charge in [0.1, 0.15) is 13.2 Å². The number of aliphatic imine (C=N–C) groups is 4. The molecule has 0 saturated heterocycles. The largest absolute Gasteiger partial charge is 0.458 e. The second-order valence-electron chi connectivity index (χ2n) is 7.21. The Morgan fingerprint density at radius 1 is 0.639 bits per heavy atom. The van der Waals surface area contributed by atoms with Gasteiger partial charge in [0, 0.05) is 0 Å². The van der Waals surface area contributed by atoms with Crippen LogP contribution in [-0.4, -0.2) is 71.9 Å². The molecule has 2 N–H and O–H groups in total. The predicted octanol–water partition coefficient (Wildman–Crippen LogP) is 0.941. The molecule has 2 unspecified atom stereocenters. The minimum Gasteiger partial charge on any atom is -0.458 e. The van der Waals surface area contributed by atoms with Crippen LogP contribution in [0.4, 0.5) is 0 Å². The first-order valence-corrected chi connectivity index (χ1v) is 10.7. The number of esters is 2. The van der Waals surface area contributed by atoms with Crippen molar-refractivity contribution < 1.29 is 48.5 Å². The zero-order valence-corrected chi connectivity index (χ0v) is 19.8. The molecule has 0 saturated carbocycles. The van der Waals surface area contributed by atoms with Crippen LogP contribution in [0.1, 0.15) is 52.4 Å². The van der Waals surface area contributed by atoms with Gasteiger partial charge in [-0.05, 0) is 39.5 Å². The van der Waals surface area contributed by atoms with Gasteiger partial charge in [-0.25, -0.2) is 28.8 Å². The Morgan fingerprint density at radius 2 is 0.972 bits per heavy atom. The van der Waals surface area contributed by atoms with Crippen molar-refractivity contribution in [1.29, 1.82) is 0 Å². The Kier molecular flexibility index (Phi) is 17.0. The third-order valence-electron chi connectivity index (χ3n) is 4.10. The zero-order valence-electron chi connectivity index (χ0n) is 19.8. The molecule has 36 heavy (non-hydrogen) atoms. The maximum absolute atomic E-state index is 12.1. The number of carbonyl (C=O) groups is 2. The quantitative estimate of drug-likeness (QED) is 0.0936. The normalized spacial score (nSPS) is 13.1. The highest BCUT2D eigenvalue weighted by atomic mass is 16.5. The van der Waals surface area contributed by atoms with Crippen LogP contribution in [0, 0.1) is 0 Å². The summed E-state index contributed by atoms with van der Waals surface area (Å²) in [5.74, 6) is -2.14. The lowest BCUT2D eigenvalue weighted by Gasteiger charge is -2.09. The summed E-state index contributed by atoms with van der Waals surface area (Å²) in [5.41, 5.74) is -1.38. The van der Waals surface area contributed by atoms with Crippen molar-refractivity contribution >= 4 is 36.3 Å². The number of rotatable bonds is 17. The molecule has 0 aliphatic carbocycles. The van der Waals surface area contributed by atoms with E-state index in [1.807, 2.05) is 0 Å². The van der Waals surface area contributed by atoms with Gasteiger partial charge in [0.15, 0.2) is 11.4 Å². The molecule has 0 aliphatic rings. The van der Waals surface area contributed by atoms with E-state index in [9.17, 15) is 39.0 Å². The van der Waals surface area contributed by atoms with Crippen LogP contribution in [-0.2, 0) is 38.2 Å². The minimum atomic E-state index is -1.07. The lowest BCUT2D eigenvalue weighted by Crippen LogP contribution is -2.17. The Balaban J connectivity index is 5.26. The number of aliphatic hydroxyl groups excluding tert-OH is 2. The Hall–Kier alpha value is -4.14. The van der Waals surface area contributed by atoms with Gasteiger partial charge in [-0.1, -0.05) is 12.8 Å². The smallest absolute Gasteiger partial charge is 0.359 e. The number of aliphatic hydroxyl groups is 2. The fourth-order valence-corrected chi connectivity index (χ4v) is 2.58. The molecule has 0 bridgehead atoms. The number of allylic oxidation sites excluding steroid dienone is 2. The van der Waals surface area contributed by atoms with Crippen LogP contribution in [0.25, 0.3) is 0 Å². The number of unbranched alkanes of at least 4 members (excludes halogenated alkanes) is 3. The van der Waals surface area contributed by atoms with E-state index in [1.54, 1.807) is 0 Å². The molecule has 0 aromatic heterocycles. The SMILES string of the molecule is CC(O)COC(=O)/C(N=C=O)=C(\CCCCCC/C(N=C=O)=C(\N=C=O)C(=O)OCC(C)O)N=C=O. The molecular weight excluding hydrogens is 480 g/mol. The highest BCUT2D eigenvalue weighted by molar-refractivity contribution is 5.90. The highest BCUT2D eigenvalue weighted by Crippen LogP contribution is 2.21. The van der Waals surface area contributed by atoms with E-state index in [1.165, 1.54) is 38.2 Å². The number of hydrogen-bond donors (Lipinski definition) is 2. The molecule has 194 valence electrons. The van der Waals surface area contributed by atoms with Gasteiger partial charge in [0.25, 0.3) is 0 Å². The van der Waals surface area contributed by atoms with E-state index in [4.69, 9.17) is 9.47 Å². The van der Waals surface area contributed by atoms with Gasteiger partial charge in [0.2, 0.25) is 24.3 Å². The highest BCUT2D eigenvalue weighted by Gasteiger charge is 2.19. The molecule has 0 heterocycles. The molecule has 0 amide bonds. The predicted molar refractivity (Wildman–Crippen MR) is 120 cm³/mol. The number of carbonyl (C=O) groups excluding carboxylic acids is 6. The third kappa shape index (κ3) is 13.5. The second-order valence-corrected chi connectivity index (χ2v) is 7.21. The molecule has 2 atom stereocenters. The lowest BCUT2D eigenvalue weighted by molar-refractivity contribution is -0.142. The van der Waals surface area contributed by atoms with Gasteiger partial charge in [-0.2, -0.15) is 20.0 Å². The first-order chi connectivity index (χ1) is 17.2. The summed E-state index contributed by atoms with van der Waals surface area (Å²) in [5, 5.41) is 18.4. The van der Waals surface area contributed by atoms with E-state index in [-0.39, 0.29) is 37.4 Å². The lowest BCUT2D eigenvalue weighted by atomic mass is 10.1. The molecule has 14 heteroatoms. The second kappa shape index (κ2) is 19.2. The molecular formula is C22H26N4O10. The summed E-state index contributed by atoms with van der Waals surface area (Å²) in [7, 11) is 0. The average Bonchev–Trinajstić information content (AvgIpc) is 2.83. The summed E-state index contributed by atoms with van der Waals surface area (Å²) < 4.78 is 9.57. The molecule has 0 aromatic rings. The number of nitrogens with zero attached hydrogens (tertiary/aromatic N) is 4. The van der Waals surface area contributed by atoms with Crippen LogP contribution in [0.2, 0.25) is 0 Å². The van der Waals surface area contributed by atoms with Crippen molar-refractivity contribution in [2.24, 2.45) is 20.0 Å². The van der Waals surface area contributed by atoms with Crippen LogP contribution in [0.3, 0.4) is 0 Å². The van der Waals surface area contributed by atoms with Crippen LogP contribution in [0.15, 0.2) is 42.8 Å². The molecule has 0 rings (SSSR count). The van der Waals surface area contributed by atoms with Crippen molar-refractivity contribution in [3.8, 4) is 0 Å². The summed E-state index contributed by atoms with van der Waals surface area (Å²) in [4.78, 5) is 80.4. The Labute approximate surface area is 205 Å². The first kappa shape index (κ1) is 31.9.